The number of carbonyl (C=O) groups is 1. The van der Waals surface area contributed by atoms with Crippen LogP contribution in [0.15, 0.2) is 53.4 Å². The molecule has 1 aliphatic heterocycles. The molecule has 1 fully saturated rings. The Hall–Kier alpha value is -2.38. The van der Waals surface area contributed by atoms with Crippen molar-refractivity contribution in [3.63, 3.8) is 0 Å². The highest BCUT2D eigenvalue weighted by Gasteiger charge is 2.31. The highest BCUT2D eigenvalue weighted by Crippen LogP contribution is 2.23. The first-order valence-corrected chi connectivity index (χ1v) is 12.4. The molecule has 1 amide bonds. The molecule has 0 aromatic heterocycles. The number of likely N-dealkylation sites (tertiary alicyclic amines) is 1. The second-order valence-electron chi connectivity index (χ2n) is 8.23. The predicted molar refractivity (Wildman–Crippen MR) is 122 cm³/mol. The molecule has 1 aliphatic rings. The van der Waals surface area contributed by atoms with E-state index in [1.54, 1.807) is 17.0 Å². The lowest BCUT2D eigenvalue weighted by Gasteiger charge is -2.33. The molecule has 0 radical (unpaired) electrons. The van der Waals surface area contributed by atoms with Crippen LogP contribution in [0.25, 0.3) is 0 Å². The van der Waals surface area contributed by atoms with Gasteiger partial charge in [0.1, 0.15) is 11.8 Å². The van der Waals surface area contributed by atoms with Gasteiger partial charge in [0, 0.05) is 13.1 Å². The van der Waals surface area contributed by atoms with Crippen LogP contribution < -0.4 is 9.46 Å². The van der Waals surface area contributed by atoms with Gasteiger partial charge in [-0.3, -0.25) is 4.79 Å². The maximum atomic E-state index is 13.3. The standard InChI is InChI=1S/C24H32N2O4S/c1-4-30-23-11-10-21(16-19(23)3)31(28,29)25-22(17-20-8-6-5-7-9-20)24(27)26-14-12-18(2)13-15-26/h5-11,16,18,22,25H,4,12-15,17H2,1-3H3. The minimum atomic E-state index is -3.88. The highest BCUT2D eigenvalue weighted by atomic mass is 32.2. The predicted octanol–water partition coefficient (Wildman–Crippen LogP) is 3.54. The van der Waals surface area contributed by atoms with Crippen molar-refractivity contribution >= 4 is 15.9 Å². The molecule has 1 unspecified atom stereocenters. The zero-order chi connectivity index (χ0) is 22.4. The molecule has 0 spiro atoms. The van der Waals surface area contributed by atoms with E-state index < -0.39 is 16.1 Å². The smallest absolute Gasteiger partial charge is 0.241 e. The zero-order valence-electron chi connectivity index (χ0n) is 18.5. The van der Waals surface area contributed by atoms with Gasteiger partial charge in [-0.25, -0.2) is 8.42 Å². The molecule has 168 valence electrons. The van der Waals surface area contributed by atoms with E-state index in [2.05, 4.69) is 11.6 Å². The van der Waals surface area contributed by atoms with Gasteiger partial charge in [-0.05, 0) is 68.4 Å². The summed E-state index contributed by atoms with van der Waals surface area (Å²) in [7, 11) is -3.88. The molecule has 0 saturated carbocycles. The maximum absolute atomic E-state index is 13.3. The Morgan fingerprint density at radius 1 is 1.16 bits per heavy atom. The van der Waals surface area contributed by atoms with Gasteiger partial charge in [0.25, 0.3) is 0 Å². The average Bonchev–Trinajstić information content (AvgIpc) is 2.75. The van der Waals surface area contributed by atoms with Crippen molar-refractivity contribution in [2.45, 2.75) is 51.0 Å². The van der Waals surface area contributed by atoms with E-state index in [9.17, 15) is 13.2 Å². The fourth-order valence-electron chi connectivity index (χ4n) is 3.84. The highest BCUT2D eigenvalue weighted by molar-refractivity contribution is 7.89. The second kappa shape index (κ2) is 10.3. The molecule has 2 aromatic carbocycles. The number of rotatable bonds is 8. The Morgan fingerprint density at radius 2 is 1.84 bits per heavy atom. The molecule has 7 heteroatoms. The number of carbonyl (C=O) groups excluding carboxylic acids is 1. The number of benzene rings is 2. The number of ether oxygens (including phenoxy) is 1. The molecule has 1 saturated heterocycles. The minimum Gasteiger partial charge on any atom is -0.494 e. The van der Waals surface area contributed by atoms with Crippen LogP contribution in [0.1, 0.15) is 37.8 Å². The van der Waals surface area contributed by atoms with E-state index in [1.807, 2.05) is 44.2 Å². The quantitative estimate of drug-likeness (QED) is 0.676. The Bertz CT molecular complexity index is 984. The maximum Gasteiger partial charge on any atom is 0.241 e. The first-order valence-electron chi connectivity index (χ1n) is 10.9. The SMILES string of the molecule is CCOc1ccc(S(=O)(=O)NC(Cc2ccccc2)C(=O)N2CCC(C)CC2)cc1C. The van der Waals surface area contributed by atoms with Gasteiger partial charge < -0.3 is 9.64 Å². The normalized spacial score (nSPS) is 16.2. The van der Waals surface area contributed by atoms with Crippen LogP contribution in [-0.4, -0.2) is 45.0 Å². The summed E-state index contributed by atoms with van der Waals surface area (Å²) in [5.41, 5.74) is 1.65. The third-order valence-electron chi connectivity index (χ3n) is 5.73. The van der Waals surface area contributed by atoms with E-state index in [1.165, 1.54) is 6.07 Å². The zero-order valence-corrected chi connectivity index (χ0v) is 19.3. The topological polar surface area (TPSA) is 75.7 Å². The molecular formula is C24H32N2O4S. The van der Waals surface area contributed by atoms with Gasteiger partial charge in [0.2, 0.25) is 15.9 Å². The van der Waals surface area contributed by atoms with Crippen LogP contribution in [-0.2, 0) is 21.2 Å². The molecular weight excluding hydrogens is 412 g/mol. The molecule has 1 heterocycles. The summed E-state index contributed by atoms with van der Waals surface area (Å²) < 4.78 is 34.5. The molecule has 1 atom stereocenters. The number of nitrogens with zero attached hydrogens (tertiary/aromatic N) is 1. The number of hydrogen-bond acceptors (Lipinski definition) is 4. The van der Waals surface area contributed by atoms with Crippen molar-refractivity contribution in [3.8, 4) is 5.75 Å². The van der Waals surface area contributed by atoms with Crippen LogP contribution >= 0.6 is 0 Å². The van der Waals surface area contributed by atoms with Crippen LogP contribution in [0.5, 0.6) is 5.75 Å². The Morgan fingerprint density at radius 3 is 2.45 bits per heavy atom. The van der Waals surface area contributed by atoms with Crippen molar-refractivity contribution in [2.24, 2.45) is 5.92 Å². The van der Waals surface area contributed by atoms with Gasteiger partial charge in [-0.2, -0.15) is 4.72 Å². The number of aryl methyl sites for hydroxylation is 1. The van der Waals surface area contributed by atoms with Crippen LogP contribution in [0, 0.1) is 12.8 Å². The van der Waals surface area contributed by atoms with E-state index in [0.29, 0.717) is 37.8 Å². The lowest BCUT2D eigenvalue weighted by atomic mass is 9.98. The summed E-state index contributed by atoms with van der Waals surface area (Å²) in [6.07, 6.45) is 2.18. The summed E-state index contributed by atoms with van der Waals surface area (Å²) in [4.78, 5) is 15.2. The number of hydrogen-bond donors (Lipinski definition) is 1. The number of sulfonamides is 1. The van der Waals surface area contributed by atoms with Crippen molar-refractivity contribution in [1.29, 1.82) is 0 Å². The Balaban J connectivity index is 1.84. The second-order valence-corrected chi connectivity index (χ2v) is 9.95. The fraction of sp³-hybridized carbons (Fsp3) is 0.458. The summed E-state index contributed by atoms with van der Waals surface area (Å²) >= 11 is 0. The van der Waals surface area contributed by atoms with Crippen molar-refractivity contribution in [2.75, 3.05) is 19.7 Å². The van der Waals surface area contributed by atoms with Crippen LogP contribution in [0.2, 0.25) is 0 Å². The number of piperidine rings is 1. The van der Waals surface area contributed by atoms with E-state index >= 15 is 0 Å². The lowest BCUT2D eigenvalue weighted by Crippen LogP contribution is -2.51. The summed E-state index contributed by atoms with van der Waals surface area (Å²) in [5, 5.41) is 0. The third-order valence-corrected chi connectivity index (χ3v) is 7.20. The van der Waals surface area contributed by atoms with Gasteiger partial charge in [-0.1, -0.05) is 37.3 Å². The molecule has 6 nitrogen and oxygen atoms in total. The van der Waals surface area contributed by atoms with Crippen LogP contribution in [0.4, 0.5) is 0 Å². The molecule has 2 aromatic rings. The molecule has 1 N–H and O–H groups in total. The molecule has 0 bridgehead atoms. The van der Waals surface area contributed by atoms with Gasteiger partial charge >= 0.3 is 0 Å². The number of nitrogens with one attached hydrogen (secondary N) is 1. The summed E-state index contributed by atoms with van der Waals surface area (Å²) in [6, 6.07) is 13.4. The largest absolute Gasteiger partial charge is 0.494 e. The fourth-order valence-corrected chi connectivity index (χ4v) is 5.11. The monoisotopic (exact) mass is 444 g/mol. The lowest BCUT2D eigenvalue weighted by molar-refractivity contribution is -0.134. The van der Waals surface area contributed by atoms with Crippen molar-refractivity contribution in [1.82, 2.24) is 9.62 Å². The summed E-state index contributed by atoms with van der Waals surface area (Å²) in [6.45, 7) is 7.70. The van der Waals surface area contributed by atoms with E-state index in [0.717, 1.165) is 24.0 Å². The van der Waals surface area contributed by atoms with Gasteiger partial charge in [-0.15, -0.1) is 0 Å². The molecule has 31 heavy (non-hydrogen) atoms. The Kier molecular flexibility index (Phi) is 7.73. The first kappa shape index (κ1) is 23.3. The van der Waals surface area contributed by atoms with Crippen molar-refractivity contribution < 1.29 is 17.9 Å². The van der Waals surface area contributed by atoms with Crippen LogP contribution in [0.3, 0.4) is 0 Å². The Labute approximate surface area is 185 Å². The van der Waals surface area contributed by atoms with Gasteiger partial charge in [0.05, 0.1) is 11.5 Å². The van der Waals surface area contributed by atoms with Gasteiger partial charge in [0.15, 0.2) is 0 Å². The number of amides is 1. The average molecular weight is 445 g/mol. The third kappa shape index (κ3) is 6.08. The molecule has 0 aliphatic carbocycles. The summed E-state index contributed by atoms with van der Waals surface area (Å²) in [5.74, 6) is 1.07. The van der Waals surface area contributed by atoms with E-state index in [-0.39, 0.29) is 10.8 Å². The molecule has 3 rings (SSSR count). The first-order chi connectivity index (χ1) is 14.8. The minimum absolute atomic E-state index is 0.131. The van der Waals surface area contributed by atoms with Crippen molar-refractivity contribution in [3.05, 3.63) is 59.7 Å². The van der Waals surface area contributed by atoms with E-state index in [4.69, 9.17) is 4.74 Å².